The van der Waals surface area contributed by atoms with Crippen LogP contribution in [-0.4, -0.2) is 22.1 Å². The van der Waals surface area contributed by atoms with Crippen molar-refractivity contribution < 1.29 is 4.79 Å². The highest BCUT2D eigenvalue weighted by Gasteiger charge is 2.34. The molecule has 2 heterocycles. The van der Waals surface area contributed by atoms with Gasteiger partial charge in [-0.25, -0.2) is 0 Å². The first-order valence-electron chi connectivity index (χ1n) is 7.55. The number of carbonyl (C=O) groups is 1. The second kappa shape index (κ2) is 6.63. The fourth-order valence-corrected chi connectivity index (χ4v) is 6.14. The number of aromatic nitrogens is 2. The van der Waals surface area contributed by atoms with Gasteiger partial charge in [0.2, 0.25) is 11.0 Å². The molecule has 1 aliphatic carbocycles. The molecule has 0 spiro atoms. The van der Waals surface area contributed by atoms with E-state index in [-0.39, 0.29) is 5.91 Å². The number of hydrogen-bond donors (Lipinski definition) is 0. The van der Waals surface area contributed by atoms with Crippen molar-refractivity contribution in [1.29, 1.82) is 0 Å². The summed E-state index contributed by atoms with van der Waals surface area (Å²) in [7, 11) is 0. The second-order valence-electron chi connectivity index (χ2n) is 5.59. The number of carbonyl (C=O) groups excluding carboxylic acids is 1. The molecule has 24 heavy (non-hydrogen) atoms. The first kappa shape index (κ1) is 16.3. The smallest absolute Gasteiger partial charge is 0.225 e. The fraction of sp³-hybridized carbons (Fsp3) is 0.312. The molecule has 124 valence electrons. The minimum absolute atomic E-state index is 0.0396. The summed E-state index contributed by atoms with van der Waals surface area (Å²) >= 11 is 11.3. The van der Waals surface area contributed by atoms with E-state index in [1.807, 2.05) is 18.2 Å². The molecule has 1 fully saturated rings. The Morgan fingerprint density at radius 2 is 2.12 bits per heavy atom. The molecule has 1 amide bonds. The number of anilines is 1. The Kier molecular flexibility index (Phi) is 4.51. The molecule has 4 nitrogen and oxygen atoms in total. The monoisotopic (exact) mass is 395 g/mol. The quantitative estimate of drug-likeness (QED) is 0.439. The van der Waals surface area contributed by atoms with Crippen molar-refractivity contribution in [3.05, 3.63) is 34.2 Å². The van der Waals surface area contributed by atoms with Crippen LogP contribution in [0.5, 0.6) is 0 Å². The molecular weight excluding hydrogens is 382 g/mol. The second-order valence-corrected chi connectivity index (χ2v) is 9.29. The molecule has 1 saturated carbocycles. The van der Waals surface area contributed by atoms with Crippen molar-refractivity contribution in [3.8, 4) is 0 Å². The van der Waals surface area contributed by atoms with E-state index in [4.69, 9.17) is 11.6 Å². The van der Waals surface area contributed by atoms with E-state index in [0.29, 0.717) is 11.2 Å². The average molecular weight is 396 g/mol. The first-order chi connectivity index (χ1) is 11.6. The van der Waals surface area contributed by atoms with Gasteiger partial charge < -0.3 is 0 Å². The number of rotatable bonds is 5. The van der Waals surface area contributed by atoms with Gasteiger partial charge in [-0.1, -0.05) is 52.9 Å². The summed E-state index contributed by atoms with van der Waals surface area (Å²) in [6, 6.07) is 8.47. The van der Waals surface area contributed by atoms with Crippen LogP contribution in [0.15, 0.2) is 28.6 Å². The zero-order valence-corrected chi connectivity index (χ0v) is 16.1. The summed E-state index contributed by atoms with van der Waals surface area (Å²) in [5.74, 6) is 0.800. The number of benzene rings is 1. The van der Waals surface area contributed by atoms with E-state index in [1.165, 1.54) is 16.0 Å². The molecule has 1 aliphatic rings. The third-order valence-corrected chi connectivity index (χ3v) is 7.76. The van der Waals surface area contributed by atoms with Crippen molar-refractivity contribution in [2.24, 2.45) is 0 Å². The normalized spacial score (nSPS) is 14.2. The molecule has 2 aromatic heterocycles. The molecule has 0 bridgehead atoms. The zero-order valence-electron chi connectivity index (χ0n) is 12.9. The molecule has 4 rings (SSSR count). The lowest BCUT2D eigenvalue weighted by Crippen LogP contribution is -2.30. The van der Waals surface area contributed by atoms with Gasteiger partial charge in [0.05, 0.1) is 5.02 Å². The van der Waals surface area contributed by atoms with Crippen LogP contribution in [0.4, 0.5) is 5.13 Å². The van der Waals surface area contributed by atoms with Crippen LogP contribution < -0.4 is 4.90 Å². The SMILES string of the molecule is CC(=O)N(c1nnc(SCc2sc3ccccc3c2Cl)s1)C1CC1. The molecule has 0 unspecified atom stereocenters. The number of fused-ring (bicyclic) bond motifs is 1. The van der Waals surface area contributed by atoms with Crippen LogP contribution in [-0.2, 0) is 10.5 Å². The van der Waals surface area contributed by atoms with Gasteiger partial charge in [0.15, 0.2) is 4.34 Å². The molecule has 0 atom stereocenters. The highest BCUT2D eigenvalue weighted by Crippen LogP contribution is 2.40. The maximum absolute atomic E-state index is 11.8. The lowest BCUT2D eigenvalue weighted by molar-refractivity contribution is -0.116. The van der Waals surface area contributed by atoms with E-state index in [1.54, 1.807) is 34.9 Å². The average Bonchev–Trinajstić information content (AvgIpc) is 3.19. The van der Waals surface area contributed by atoms with E-state index in [0.717, 1.165) is 38.2 Å². The largest absolute Gasteiger partial charge is 0.284 e. The first-order valence-corrected chi connectivity index (χ1v) is 10.5. The van der Waals surface area contributed by atoms with Crippen LogP contribution in [0.3, 0.4) is 0 Å². The van der Waals surface area contributed by atoms with Crippen LogP contribution in [0.25, 0.3) is 10.1 Å². The highest BCUT2D eigenvalue weighted by molar-refractivity contribution is 8.00. The fourth-order valence-electron chi connectivity index (χ4n) is 2.52. The van der Waals surface area contributed by atoms with Crippen molar-refractivity contribution >= 4 is 67.2 Å². The van der Waals surface area contributed by atoms with Gasteiger partial charge >= 0.3 is 0 Å². The summed E-state index contributed by atoms with van der Waals surface area (Å²) in [5.41, 5.74) is 0. The highest BCUT2D eigenvalue weighted by atomic mass is 35.5. The van der Waals surface area contributed by atoms with Gasteiger partial charge in [-0.15, -0.1) is 21.5 Å². The third-order valence-electron chi connectivity index (χ3n) is 3.78. The Hall–Kier alpha value is -1.15. The standard InChI is InChI=1S/C16H14ClN3OS3/c1-9(21)20(10-6-7-10)15-18-19-16(24-15)22-8-13-14(17)11-4-2-3-5-12(11)23-13/h2-5,10H,6-8H2,1H3. The maximum Gasteiger partial charge on any atom is 0.225 e. The molecule has 3 aromatic rings. The Balaban J connectivity index is 1.49. The van der Waals surface area contributed by atoms with E-state index >= 15 is 0 Å². The summed E-state index contributed by atoms with van der Waals surface area (Å²) in [6.45, 7) is 1.59. The number of amides is 1. The lowest BCUT2D eigenvalue weighted by Gasteiger charge is -2.15. The number of nitrogens with zero attached hydrogens (tertiary/aromatic N) is 3. The molecular formula is C16H14ClN3OS3. The van der Waals surface area contributed by atoms with Crippen LogP contribution in [0.1, 0.15) is 24.6 Å². The van der Waals surface area contributed by atoms with E-state index < -0.39 is 0 Å². The van der Waals surface area contributed by atoms with Crippen molar-refractivity contribution in [1.82, 2.24) is 10.2 Å². The van der Waals surface area contributed by atoms with E-state index in [9.17, 15) is 4.79 Å². The molecule has 8 heteroatoms. The molecule has 0 aliphatic heterocycles. The van der Waals surface area contributed by atoms with Gasteiger partial charge in [-0.3, -0.25) is 9.69 Å². The van der Waals surface area contributed by atoms with Crippen molar-refractivity contribution in [2.75, 3.05) is 4.90 Å². The van der Waals surface area contributed by atoms with Crippen molar-refractivity contribution in [3.63, 3.8) is 0 Å². The predicted molar refractivity (Wildman–Crippen MR) is 102 cm³/mol. The Bertz CT molecular complexity index is 903. The van der Waals surface area contributed by atoms with Crippen LogP contribution in [0, 0.1) is 0 Å². The molecule has 1 aromatic carbocycles. The van der Waals surface area contributed by atoms with Crippen LogP contribution in [0.2, 0.25) is 5.02 Å². The van der Waals surface area contributed by atoms with Gasteiger partial charge in [-0.05, 0) is 18.9 Å². The van der Waals surface area contributed by atoms with Gasteiger partial charge in [-0.2, -0.15) is 0 Å². The topological polar surface area (TPSA) is 46.1 Å². The number of thioether (sulfide) groups is 1. The summed E-state index contributed by atoms with van der Waals surface area (Å²) in [6.07, 6.45) is 2.11. The predicted octanol–water partition coefficient (Wildman–Crippen LogP) is 5.21. The van der Waals surface area contributed by atoms with Gasteiger partial charge in [0.25, 0.3) is 0 Å². The summed E-state index contributed by atoms with van der Waals surface area (Å²) in [4.78, 5) is 14.7. The van der Waals surface area contributed by atoms with Gasteiger partial charge in [0.1, 0.15) is 0 Å². The summed E-state index contributed by atoms with van der Waals surface area (Å²) in [5, 5.41) is 11.1. The molecule has 0 radical (unpaired) electrons. The molecule has 0 saturated heterocycles. The Morgan fingerprint density at radius 1 is 1.33 bits per heavy atom. The van der Waals surface area contributed by atoms with E-state index in [2.05, 4.69) is 16.3 Å². The Morgan fingerprint density at radius 3 is 2.83 bits per heavy atom. The number of halogens is 1. The number of thiophene rings is 1. The van der Waals surface area contributed by atoms with Gasteiger partial charge in [0, 0.05) is 33.7 Å². The number of hydrogen-bond acceptors (Lipinski definition) is 6. The van der Waals surface area contributed by atoms with Crippen molar-refractivity contribution in [2.45, 2.75) is 35.9 Å². The minimum atomic E-state index is 0.0396. The lowest BCUT2D eigenvalue weighted by atomic mass is 10.2. The maximum atomic E-state index is 11.8. The zero-order chi connectivity index (χ0) is 16.7. The molecule has 0 N–H and O–H groups in total. The Labute approximate surface area is 156 Å². The minimum Gasteiger partial charge on any atom is -0.284 e. The summed E-state index contributed by atoms with van der Waals surface area (Å²) < 4.78 is 2.07. The van der Waals surface area contributed by atoms with Crippen LogP contribution >= 0.6 is 46.0 Å². The third kappa shape index (κ3) is 3.18.